The van der Waals surface area contributed by atoms with Crippen molar-refractivity contribution >= 4 is 5.97 Å². The van der Waals surface area contributed by atoms with E-state index in [1.54, 1.807) is 0 Å². The van der Waals surface area contributed by atoms with Crippen molar-refractivity contribution in [2.45, 2.75) is 34.1 Å². The second-order valence-electron chi connectivity index (χ2n) is 4.91. The third kappa shape index (κ3) is 1.52. The zero-order chi connectivity index (χ0) is 9.57. The summed E-state index contributed by atoms with van der Waals surface area (Å²) in [6.45, 7) is 8.12. The van der Waals surface area contributed by atoms with Crippen LogP contribution in [0.15, 0.2) is 11.6 Å². The van der Waals surface area contributed by atoms with Gasteiger partial charge in [-0.3, -0.25) is 0 Å². The van der Waals surface area contributed by atoms with Gasteiger partial charge in [-0.25, -0.2) is 4.79 Å². The maximum absolute atomic E-state index is 10.8. The van der Waals surface area contributed by atoms with Crippen molar-refractivity contribution in [1.82, 2.24) is 0 Å². The fraction of sp³-hybridized carbons (Fsp3) is 0.700. The Morgan fingerprint density at radius 1 is 1.42 bits per heavy atom. The summed E-state index contributed by atoms with van der Waals surface area (Å²) in [7, 11) is 0. The van der Waals surface area contributed by atoms with Gasteiger partial charge in [0.1, 0.15) is 0 Å². The van der Waals surface area contributed by atoms with Crippen LogP contribution in [0.5, 0.6) is 0 Å². The summed E-state index contributed by atoms with van der Waals surface area (Å²) in [6, 6.07) is 0. The van der Waals surface area contributed by atoms with Crippen LogP contribution in [0.1, 0.15) is 34.1 Å². The Labute approximate surface area is 73.3 Å². The van der Waals surface area contributed by atoms with E-state index < -0.39 is 5.97 Å². The number of rotatable bonds is 1. The monoisotopic (exact) mass is 168 g/mol. The molecular weight excluding hydrogens is 152 g/mol. The SMILES string of the molecule is CC1(C)C=C(C(=O)O)C(C)(C)C1. The van der Waals surface area contributed by atoms with Gasteiger partial charge in [0.15, 0.2) is 0 Å². The molecule has 68 valence electrons. The molecule has 0 spiro atoms. The van der Waals surface area contributed by atoms with Crippen molar-refractivity contribution in [2.24, 2.45) is 10.8 Å². The van der Waals surface area contributed by atoms with Gasteiger partial charge in [-0.2, -0.15) is 0 Å². The Kier molecular flexibility index (Phi) is 1.82. The van der Waals surface area contributed by atoms with Gasteiger partial charge in [0.05, 0.1) is 0 Å². The molecule has 1 aliphatic carbocycles. The molecular formula is C10H16O2. The molecule has 0 atom stereocenters. The number of allylic oxidation sites excluding steroid dienone is 1. The number of aliphatic carboxylic acids is 1. The fourth-order valence-electron chi connectivity index (χ4n) is 2.22. The number of carboxylic acid groups (broad SMARTS) is 1. The topological polar surface area (TPSA) is 37.3 Å². The summed E-state index contributed by atoms with van der Waals surface area (Å²) < 4.78 is 0. The van der Waals surface area contributed by atoms with Crippen LogP contribution in [0.3, 0.4) is 0 Å². The average Bonchev–Trinajstić information content (AvgIpc) is 1.99. The molecule has 0 radical (unpaired) electrons. The molecule has 0 aliphatic heterocycles. The predicted octanol–water partition coefficient (Wildman–Crippen LogP) is 2.45. The third-order valence-corrected chi connectivity index (χ3v) is 2.39. The van der Waals surface area contributed by atoms with Crippen LogP contribution in [-0.4, -0.2) is 11.1 Å². The third-order valence-electron chi connectivity index (χ3n) is 2.39. The van der Waals surface area contributed by atoms with Gasteiger partial charge in [0, 0.05) is 5.57 Å². The minimum Gasteiger partial charge on any atom is -0.478 e. The van der Waals surface area contributed by atoms with E-state index in [-0.39, 0.29) is 10.8 Å². The van der Waals surface area contributed by atoms with Gasteiger partial charge >= 0.3 is 5.97 Å². The Balaban J connectivity index is 3.04. The van der Waals surface area contributed by atoms with E-state index in [1.165, 1.54) is 0 Å². The number of carbonyl (C=O) groups is 1. The summed E-state index contributed by atoms with van der Waals surface area (Å²) in [6.07, 6.45) is 2.80. The minimum absolute atomic E-state index is 0.0389. The molecule has 0 saturated heterocycles. The predicted molar refractivity (Wildman–Crippen MR) is 47.9 cm³/mol. The largest absolute Gasteiger partial charge is 0.478 e. The molecule has 2 heteroatoms. The molecule has 0 bridgehead atoms. The van der Waals surface area contributed by atoms with Crippen LogP contribution in [-0.2, 0) is 4.79 Å². The number of carboxylic acids is 1. The molecule has 1 rings (SSSR count). The van der Waals surface area contributed by atoms with Crippen molar-refractivity contribution in [3.05, 3.63) is 11.6 Å². The molecule has 0 aromatic carbocycles. The lowest BCUT2D eigenvalue weighted by Crippen LogP contribution is -2.18. The first-order valence-corrected chi connectivity index (χ1v) is 4.21. The molecule has 0 saturated carbocycles. The van der Waals surface area contributed by atoms with E-state index >= 15 is 0 Å². The van der Waals surface area contributed by atoms with E-state index in [4.69, 9.17) is 5.11 Å². The van der Waals surface area contributed by atoms with Crippen LogP contribution in [0.2, 0.25) is 0 Å². The van der Waals surface area contributed by atoms with Crippen LogP contribution < -0.4 is 0 Å². The highest BCUT2D eigenvalue weighted by atomic mass is 16.4. The second-order valence-corrected chi connectivity index (χ2v) is 4.91. The van der Waals surface area contributed by atoms with Crippen molar-refractivity contribution in [1.29, 1.82) is 0 Å². The highest BCUT2D eigenvalue weighted by Crippen LogP contribution is 2.47. The van der Waals surface area contributed by atoms with Crippen molar-refractivity contribution < 1.29 is 9.90 Å². The van der Waals surface area contributed by atoms with Gasteiger partial charge in [0.25, 0.3) is 0 Å². The van der Waals surface area contributed by atoms with Gasteiger partial charge in [0.2, 0.25) is 0 Å². The first-order chi connectivity index (χ1) is 5.25. The van der Waals surface area contributed by atoms with Crippen molar-refractivity contribution in [3.63, 3.8) is 0 Å². The Morgan fingerprint density at radius 3 is 2.08 bits per heavy atom. The van der Waals surface area contributed by atoms with E-state index in [9.17, 15) is 4.79 Å². The molecule has 0 unspecified atom stereocenters. The molecule has 0 aromatic rings. The molecule has 2 nitrogen and oxygen atoms in total. The fourth-order valence-corrected chi connectivity index (χ4v) is 2.22. The number of hydrogen-bond donors (Lipinski definition) is 1. The quantitative estimate of drug-likeness (QED) is 0.653. The van der Waals surface area contributed by atoms with Gasteiger partial charge in [-0.15, -0.1) is 0 Å². The molecule has 0 heterocycles. The standard InChI is InChI=1S/C10H16O2/c1-9(2)5-7(8(11)12)10(3,4)6-9/h5H,6H2,1-4H3,(H,11,12). The lowest BCUT2D eigenvalue weighted by atomic mass is 9.80. The maximum Gasteiger partial charge on any atom is 0.331 e. The second kappa shape index (κ2) is 2.35. The van der Waals surface area contributed by atoms with Crippen LogP contribution in [0.4, 0.5) is 0 Å². The average molecular weight is 168 g/mol. The molecule has 1 N–H and O–H groups in total. The summed E-state index contributed by atoms with van der Waals surface area (Å²) in [4.78, 5) is 10.8. The van der Waals surface area contributed by atoms with Gasteiger partial charge in [-0.05, 0) is 17.3 Å². The first kappa shape index (κ1) is 9.30. The molecule has 1 aliphatic rings. The van der Waals surface area contributed by atoms with Crippen LogP contribution >= 0.6 is 0 Å². The van der Waals surface area contributed by atoms with Gasteiger partial charge < -0.3 is 5.11 Å². The summed E-state index contributed by atoms with van der Waals surface area (Å²) in [5.74, 6) is -0.773. The smallest absolute Gasteiger partial charge is 0.331 e. The summed E-state index contributed by atoms with van der Waals surface area (Å²) in [5.41, 5.74) is 0.430. The van der Waals surface area contributed by atoms with Gasteiger partial charge in [-0.1, -0.05) is 33.8 Å². The molecule has 12 heavy (non-hydrogen) atoms. The van der Waals surface area contributed by atoms with Crippen LogP contribution in [0.25, 0.3) is 0 Å². The first-order valence-electron chi connectivity index (χ1n) is 4.21. The van der Waals surface area contributed by atoms with E-state index in [2.05, 4.69) is 13.8 Å². The zero-order valence-electron chi connectivity index (χ0n) is 8.14. The lowest BCUT2D eigenvalue weighted by Gasteiger charge is -2.23. The minimum atomic E-state index is -0.773. The van der Waals surface area contributed by atoms with Crippen molar-refractivity contribution in [3.8, 4) is 0 Å². The van der Waals surface area contributed by atoms with E-state index in [0.29, 0.717) is 5.57 Å². The normalized spacial score (nSPS) is 25.2. The molecule has 0 amide bonds. The molecule has 0 aromatic heterocycles. The lowest BCUT2D eigenvalue weighted by molar-refractivity contribution is -0.133. The van der Waals surface area contributed by atoms with Crippen molar-refractivity contribution in [2.75, 3.05) is 0 Å². The summed E-state index contributed by atoms with van der Waals surface area (Å²) >= 11 is 0. The highest BCUT2D eigenvalue weighted by molar-refractivity contribution is 5.88. The van der Waals surface area contributed by atoms with E-state index in [1.807, 2.05) is 19.9 Å². The zero-order valence-corrected chi connectivity index (χ0v) is 8.14. The number of hydrogen-bond acceptors (Lipinski definition) is 1. The Bertz CT molecular complexity index is 247. The maximum atomic E-state index is 10.8. The Hall–Kier alpha value is -0.790. The van der Waals surface area contributed by atoms with Crippen LogP contribution in [0, 0.1) is 10.8 Å². The highest BCUT2D eigenvalue weighted by Gasteiger charge is 2.40. The summed E-state index contributed by atoms with van der Waals surface area (Å²) in [5, 5.41) is 8.91. The van der Waals surface area contributed by atoms with E-state index in [0.717, 1.165) is 6.42 Å². The Morgan fingerprint density at radius 2 is 1.92 bits per heavy atom. The molecule has 0 fully saturated rings.